The monoisotopic (exact) mass is 230 g/mol. The van der Waals surface area contributed by atoms with Crippen molar-refractivity contribution in [1.29, 1.82) is 0 Å². The molecule has 0 bridgehead atoms. The van der Waals surface area contributed by atoms with Gasteiger partial charge in [0.05, 0.1) is 12.0 Å². The van der Waals surface area contributed by atoms with E-state index >= 15 is 0 Å². The minimum absolute atomic E-state index is 0.163. The lowest BCUT2D eigenvalue weighted by Gasteiger charge is -2.14. The minimum atomic E-state index is -3.37. The predicted octanol–water partition coefficient (Wildman–Crippen LogP) is -0.364. The Balaban J connectivity index is 3.89. The van der Waals surface area contributed by atoms with Gasteiger partial charge in [0.15, 0.2) is 0 Å². The largest absolute Gasteiger partial charge is 0.383 e. The molecule has 0 aromatic carbocycles. The number of nitrogens with zero attached hydrogens (tertiary/aromatic N) is 1. The van der Waals surface area contributed by atoms with Crippen LogP contribution in [-0.4, -0.2) is 52.5 Å². The fraction of sp³-hybridized carbons (Fsp3) is 1.00. The molecular formula is C6H15ClN2O3S. The molecule has 80 valence electrons. The highest BCUT2D eigenvalue weighted by Gasteiger charge is 2.14. The van der Waals surface area contributed by atoms with Crippen molar-refractivity contribution in [2.24, 2.45) is 0 Å². The zero-order chi connectivity index (χ0) is 10.5. The van der Waals surface area contributed by atoms with E-state index in [-0.39, 0.29) is 11.9 Å². The van der Waals surface area contributed by atoms with E-state index in [1.807, 2.05) is 0 Å². The second kappa shape index (κ2) is 5.77. The van der Waals surface area contributed by atoms with Gasteiger partial charge in [0.1, 0.15) is 0 Å². The molecule has 0 heterocycles. The maximum Gasteiger partial charge on any atom is 0.278 e. The molecule has 0 aliphatic rings. The third-order valence-electron chi connectivity index (χ3n) is 1.32. The zero-order valence-electron chi connectivity index (χ0n) is 7.95. The summed E-state index contributed by atoms with van der Waals surface area (Å²) in [6, 6.07) is 0. The highest BCUT2D eigenvalue weighted by atomic mass is 35.5. The summed E-state index contributed by atoms with van der Waals surface area (Å²) in [6.45, 7) is 0.480. The van der Waals surface area contributed by atoms with Crippen molar-refractivity contribution in [3.63, 3.8) is 0 Å². The van der Waals surface area contributed by atoms with Gasteiger partial charge in [-0.1, -0.05) is 0 Å². The molecule has 1 unspecified atom stereocenters. The fourth-order valence-electron chi connectivity index (χ4n) is 0.565. The van der Waals surface area contributed by atoms with Crippen LogP contribution in [-0.2, 0) is 14.9 Å². The Morgan fingerprint density at radius 1 is 1.54 bits per heavy atom. The summed E-state index contributed by atoms with van der Waals surface area (Å²) in [5.41, 5.74) is 0. The number of nitrogens with one attached hydrogen (secondary N) is 1. The van der Waals surface area contributed by atoms with E-state index < -0.39 is 10.2 Å². The summed E-state index contributed by atoms with van der Waals surface area (Å²) < 4.78 is 30.5. The van der Waals surface area contributed by atoms with Crippen LogP contribution in [0.2, 0.25) is 0 Å². The fourth-order valence-corrected chi connectivity index (χ4v) is 1.53. The first kappa shape index (κ1) is 13.1. The lowest BCUT2D eigenvalue weighted by Crippen LogP contribution is -2.39. The Bertz CT molecular complexity index is 230. The summed E-state index contributed by atoms with van der Waals surface area (Å²) in [5.74, 6) is 0. The highest BCUT2D eigenvalue weighted by Crippen LogP contribution is 1.96. The molecule has 1 N–H and O–H groups in total. The van der Waals surface area contributed by atoms with E-state index in [0.29, 0.717) is 6.61 Å². The molecule has 0 aromatic rings. The van der Waals surface area contributed by atoms with Gasteiger partial charge in [-0.05, 0) is 0 Å². The summed E-state index contributed by atoms with van der Waals surface area (Å²) in [4.78, 5) is 0. The quantitative estimate of drug-likeness (QED) is 0.634. The van der Waals surface area contributed by atoms with Gasteiger partial charge in [-0.3, -0.25) is 0 Å². The highest BCUT2D eigenvalue weighted by molar-refractivity contribution is 7.87. The normalized spacial score (nSPS) is 14.8. The number of methoxy groups -OCH3 is 1. The smallest absolute Gasteiger partial charge is 0.278 e. The molecule has 0 radical (unpaired) electrons. The average molecular weight is 231 g/mol. The summed E-state index contributed by atoms with van der Waals surface area (Å²) in [6.07, 6.45) is 0. The SMILES string of the molecule is COCC(Cl)CNS(=O)(=O)N(C)C. The van der Waals surface area contributed by atoms with Crippen LogP contribution in [0.15, 0.2) is 0 Å². The van der Waals surface area contributed by atoms with E-state index in [1.54, 1.807) is 0 Å². The Hall–Kier alpha value is 0.120. The molecule has 1 atom stereocenters. The van der Waals surface area contributed by atoms with Crippen molar-refractivity contribution in [2.45, 2.75) is 5.38 Å². The molecule has 0 rings (SSSR count). The lowest BCUT2D eigenvalue weighted by molar-refractivity contribution is 0.198. The topological polar surface area (TPSA) is 58.6 Å². The van der Waals surface area contributed by atoms with E-state index in [2.05, 4.69) is 4.72 Å². The van der Waals surface area contributed by atoms with Crippen LogP contribution in [0.25, 0.3) is 0 Å². The van der Waals surface area contributed by atoms with Gasteiger partial charge < -0.3 is 4.74 Å². The number of ether oxygens (including phenoxy) is 1. The zero-order valence-corrected chi connectivity index (χ0v) is 9.52. The summed E-state index contributed by atoms with van der Waals surface area (Å²) >= 11 is 5.72. The van der Waals surface area contributed by atoms with Crippen molar-refractivity contribution in [2.75, 3.05) is 34.4 Å². The molecule has 0 amide bonds. The number of hydrogen-bond donors (Lipinski definition) is 1. The number of hydrogen-bond acceptors (Lipinski definition) is 3. The molecule has 0 spiro atoms. The van der Waals surface area contributed by atoms with Gasteiger partial charge in [0.2, 0.25) is 0 Å². The third-order valence-corrected chi connectivity index (χ3v) is 3.09. The number of rotatable bonds is 6. The van der Waals surface area contributed by atoms with E-state index in [9.17, 15) is 8.42 Å². The Labute approximate surface area is 84.2 Å². The van der Waals surface area contributed by atoms with Gasteiger partial charge in [0.25, 0.3) is 10.2 Å². The third kappa shape index (κ3) is 5.43. The molecule has 7 heteroatoms. The molecular weight excluding hydrogens is 216 g/mol. The van der Waals surface area contributed by atoms with Gasteiger partial charge in [0, 0.05) is 27.7 Å². The Morgan fingerprint density at radius 2 is 2.08 bits per heavy atom. The second-order valence-electron chi connectivity index (χ2n) is 2.69. The first-order valence-electron chi connectivity index (χ1n) is 3.70. The minimum Gasteiger partial charge on any atom is -0.383 e. The predicted molar refractivity (Wildman–Crippen MR) is 52.1 cm³/mol. The van der Waals surface area contributed by atoms with Gasteiger partial charge in [-0.25, -0.2) is 4.72 Å². The Morgan fingerprint density at radius 3 is 2.46 bits per heavy atom. The van der Waals surface area contributed by atoms with Crippen LogP contribution < -0.4 is 4.72 Å². The van der Waals surface area contributed by atoms with Crippen LogP contribution in [0.1, 0.15) is 0 Å². The molecule has 13 heavy (non-hydrogen) atoms. The first-order valence-corrected chi connectivity index (χ1v) is 5.58. The van der Waals surface area contributed by atoms with E-state index in [4.69, 9.17) is 16.3 Å². The lowest BCUT2D eigenvalue weighted by atomic mass is 10.5. The molecule has 0 fully saturated rings. The second-order valence-corrected chi connectivity index (χ2v) is 5.27. The van der Waals surface area contributed by atoms with Gasteiger partial charge in [-0.2, -0.15) is 12.7 Å². The standard InChI is InChI=1S/C6H15ClN2O3S/c1-9(2)13(10,11)8-4-6(7)5-12-3/h6,8H,4-5H2,1-3H3. The van der Waals surface area contributed by atoms with Crippen molar-refractivity contribution in [3.05, 3.63) is 0 Å². The van der Waals surface area contributed by atoms with Crippen LogP contribution >= 0.6 is 11.6 Å². The maximum atomic E-state index is 11.2. The number of alkyl halides is 1. The van der Waals surface area contributed by atoms with E-state index in [0.717, 1.165) is 4.31 Å². The van der Waals surface area contributed by atoms with Crippen molar-refractivity contribution in [3.8, 4) is 0 Å². The van der Waals surface area contributed by atoms with Gasteiger partial charge in [-0.15, -0.1) is 11.6 Å². The average Bonchev–Trinajstić information content (AvgIpc) is 2.01. The Kier molecular flexibility index (Phi) is 5.82. The van der Waals surface area contributed by atoms with Crippen molar-refractivity contribution < 1.29 is 13.2 Å². The van der Waals surface area contributed by atoms with Crippen molar-refractivity contribution >= 4 is 21.8 Å². The molecule has 0 aliphatic carbocycles. The van der Waals surface area contributed by atoms with E-state index in [1.165, 1.54) is 21.2 Å². The maximum absolute atomic E-state index is 11.2. The van der Waals surface area contributed by atoms with Crippen LogP contribution in [0.4, 0.5) is 0 Å². The van der Waals surface area contributed by atoms with Crippen LogP contribution in [0.3, 0.4) is 0 Å². The molecule has 0 saturated carbocycles. The van der Waals surface area contributed by atoms with Gasteiger partial charge >= 0.3 is 0 Å². The summed E-state index contributed by atoms with van der Waals surface area (Å²) in [5, 5.41) is -0.347. The first-order chi connectivity index (χ1) is 5.90. The number of halogens is 1. The van der Waals surface area contributed by atoms with Crippen LogP contribution in [0, 0.1) is 0 Å². The molecule has 5 nitrogen and oxygen atoms in total. The van der Waals surface area contributed by atoms with Crippen molar-refractivity contribution in [1.82, 2.24) is 9.03 Å². The van der Waals surface area contributed by atoms with Crippen LogP contribution in [0.5, 0.6) is 0 Å². The molecule has 0 saturated heterocycles. The summed E-state index contributed by atoms with van der Waals surface area (Å²) in [7, 11) is 1.03. The molecule has 0 aromatic heterocycles. The molecule has 0 aliphatic heterocycles.